The van der Waals surface area contributed by atoms with Crippen LogP contribution in [0.3, 0.4) is 0 Å². The monoisotopic (exact) mass is 219 g/mol. The summed E-state index contributed by atoms with van der Waals surface area (Å²) in [6.07, 6.45) is 0. The van der Waals surface area contributed by atoms with Crippen LogP contribution in [0.15, 0.2) is 16.5 Å². The van der Waals surface area contributed by atoms with Crippen molar-refractivity contribution in [1.29, 1.82) is 0 Å². The summed E-state index contributed by atoms with van der Waals surface area (Å²) in [4.78, 5) is 11.3. The molecule has 0 saturated heterocycles. The van der Waals surface area contributed by atoms with Gasteiger partial charge in [-0.05, 0) is 23.7 Å². The number of aliphatic hydroxyl groups is 2. The second-order valence-corrected chi connectivity index (χ2v) is 3.01. The summed E-state index contributed by atoms with van der Waals surface area (Å²) < 4.78 is 4.83. The van der Waals surface area contributed by atoms with Crippen LogP contribution in [0.2, 0.25) is 5.22 Å². The van der Waals surface area contributed by atoms with Crippen LogP contribution in [0, 0.1) is 0 Å². The number of nitrogens with one attached hydrogen (secondary N) is 1. The van der Waals surface area contributed by atoms with Crippen molar-refractivity contribution < 1.29 is 19.4 Å². The summed E-state index contributed by atoms with van der Waals surface area (Å²) in [6, 6.07) is 2.15. The molecule has 0 fully saturated rings. The molecule has 0 saturated carbocycles. The molecule has 1 aromatic rings. The maximum absolute atomic E-state index is 11.3. The van der Waals surface area contributed by atoms with Gasteiger partial charge in [0.1, 0.15) is 0 Å². The largest absolute Gasteiger partial charge is 0.440 e. The van der Waals surface area contributed by atoms with Gasteiger partial charge in [-0.15, -0.1) is 0 Å². The van der Waals surface area contributed by atoms with Crippen LogP contribution in [0.5, 0.6) is 0 Å². The van der Waals surface area contributed by atoms with Crippen molar-refractivity contribution >= 4 is 17.5 Å². The lowest BCUT2D eigenvalue weighted by molar-refractivity contribution is 0.0852. The molecule has 0 radical (unpaired) electrons. The molecule has 1 heterocycles. The first-order valence-corrected chi connectivity index (χ1v) is 4.33. The van der Waals surface area contributed by atoms with Crippen LogP contribution in [-0.2, 0) is 0 Å². The van der Waals surface area contributed by atoms with Crippen LogP contribution < -0.4 is 5.32 Å². The van der Waals surface area contributed by atoms with E-state index in [4.69, 9.17) is 26.2 Å². The van der Waals surface area contributed by atoms with Crippen LogP contribution in [0.1, 0.15) is 10.6 Å². The average Bonchev–Trinajstić information content (AvgIpc) is 2.61. The number of carbonyl (C=O) groups excluding carboxylic acids is 1. The van der Waals surface area contributed by atoms with E-state index < -0.39 is 11.9 Å². The van der Waals surface area contributed by atoms with Crippen molar-refractivity contribution in [2.45, 2.75) is 6.04 Å². The average molecular weight is 220 g/mol. The minimum Gasteiger partial charge on any atom is -0.440 e. The fraction of sp³-hybridized carbons (Fsp3) is 0.375. The Morgan fingerprint density at radius 3 is 2.57 bits per heavy atom. The Bertz CT molecular complexity index is 308. The number of halogens is 1. The van der Waals surface area contributed by atoms with Gasteiger partial charge in [0.05, 0.1) is 19.3 Å². The van der Waals surface area contributed by atoms with E-state index in [2.05, 4.69) is 5.32 Å². The Morgan fingerprint density at radius 2 is 2.14 bits per heavy atom. The molecule has 0 spiro atoms. The maximum atomic E-state index is 11.3. The van der Waals surface area contributed by atoms with Crippen molar-refractivity contribution in [1.82, 2.24) is 5.32 Å². The molecule has 0 bridgehead atoms. The summed E-state index contributed by atoms with van der Waals surface area (Å²) in [6.45, 7) is -0.673. The lowest BCUT2D eigenvalue weighted by Gasteiger charge is -2.11. The van der Waals surface area contributed by atoms with E-state index in [1.54, 1.807) is 0 Å². The number of carbonyl (C=O) groups is 1. The lowest BCUT2D eigenvalue weighted by Crippen LogP contribution is -2.39. The van der Waals surface area contributed by atoms with Crippen LogP contribution in [0.25, 0.3) is 0 Å². The van der Waals surface area contributed by atoms with Crippen LogP contribution in [0.4, 0.5) is 0 Å². The van der Waals surface area contributed by atoms with E-state index in [0.717, 1.165) is 0 Å². The minimum absolute atomic E-state index is 0.0434. The first-order valence-electron chi connectivity index (χ1n) is 3.95. The molecule has 0 aliphatic rings. The van der Waals surface area contributed by atoms with Crippen molar-refractivity contribution in [3.05, 3.63) is 23.1 Å². The van der Waals surface area contributed by atoms with Crippen LogP contribution >= 0.6 is 11.6 Å². The Kier molecular flexibility index (Phi) is 3.94. The zero-order valence-corrected chi connectivity index (χ0v) is 7.99. The van der Waals surface area contributed by atoms with Gasteiger partial charge >= 0.3 is 0 Å². The van der Waals surface area contributed by atoms with E-state index in [-0.39, 0.29) is 24.2 Å². The highest BCUT2D eigenvalue weighted by molar-refractivity contribution is 6.29. The van der Waals surface area contributed by atoms with Gasteiger partial charge in [-0.2, -0.15) is 0 Å². The standard InChI is InChI=1S/C8H10ClNO4/c9-7-2-1-6(14-7)8(13)10-5(3-11)4-12/h1-2,5,11-12H,3-4H2,(H,10,13). The molecule has 6 heteroatoms. The second-order valence-electron chi connectivity index (χ2n) is 2.64. The van der Waals surface area contributed by atoms with Gasteiger partial charge in [-0.3, -0.25) is 4.79 Å². The summed E-state index contributed by atoms with van der Waals surface area (Å²) in [5.41, 5.74) is 0. The topological polar surface area (TPSA) is 82.7 Å². The highest BCUT2D eigenvalue weighted by Crippen LogP contribution is 2.12. The molecule has 5 nitrogen and oxygen atoms in total. The third kappa shape index (κ3) is 2.73. The third-order valence-electron chi connectivity index (χ3n) is 1.57. The van der Waals surface area contributed by atoms with E-state index >= 15 is 0 Å². The minimum atomic E-state index is -0.689. The molecular formula is C8H10ClNO4. The number of hydrogen-bond acceptors (Lipinski definition) is 4. The summed E-state index contributed by atoms with van der Waals surface area (Å²) in [5, 5.41) is 19.9. The fourth-order valence-electron chi connectivity index (χ4n) is 0.842. The molecule has 1 amide bonds. The molecule has 0 aliphatic carbocycles. The van der Waals surface area contributed by atoms with Gasteiger partial charge in [0.15, 0.2) is 11.0 Å². The van der Waals surface area contributed by atoms with Crippen LogP contribution in [-0.4, -0.2) is 35.4 Å². The summed E-state index contributed by atoms with van der Waals surface area (Å²) in [7, 11) is 0. The zero-order valence-electron chi connectivity index (χ0n) is 7.24. The van der Waals surface area contributed by atoms with E-state index in [1.165, 1.54) is 12.1 Å². The zero-order chi connectivity index (χ0) is 10.6. The number of aliphatic hydroxyl groups excluding tert-OH is 2. The number of furan rings is 1. The first-order chi connectivity index (χ1) is 6.67. The Morgan fingerprint density at radius 1 is 1.50 bits per heavy atom. The lowest BCUT2D eigenvalue weighted by atomic mass is 10.3. The quantitative estimate of drug-likeness (QED) is 0.667. The predicted molar refractivity (Wildman–Crippen MR) is 49.1 cm³/mol. The molecule has 1 aromatic heterocycles. The Balaban J connectivity index is 2.58. The van der Waals surface area contributed by atoms with Gasteiger partial charge in [0, 0.05) is 0 Å². The SMILES string of the molecule is O=C(NC(CO)CO)c1ccc(Cl)o1. The summed E-state index contributed by atoms with van der Waals surface area (Å²) >= 11 is 5.46. The molecule has 0 aromatic carbocycles. The summed E-state index contributed by atoms with van der Waals surface area (Å²) in [5.74, 6) is -0.480. The molecule has 78 valence electrons. The first kappa shape index (κ1) is 11.0. The fourth-order valence-corrected chi connectivity index (χ4v) is 0.988. The molecule has 0 unspecified atom stereocenters. The molecule has 14 heavy (non-hydrogen) atoms. The van der Waals surface area contributed by atoms with Gasteiger partial charge < -0.3 is 19.9 Å². The normalized spacial score (nSPS) is 10.6. The number of hydrogen-bond donors (Lipinski definition) is 3. The molecular weight excluding hydrogens is 210 g/mol. The van der Waals surface area contributed by atoms with Crippen molar-refractivity contribution in [3.63, 3.8) is 0 Å². The smallest absolute Gasteiger partial charge is 0.287 e. The predicted octanol–water partition coefficient (Wildman–Crippen LogP) is 0.0160. The van der Waals surface area contributed by atoms with Gasteiger partial charge in [-0.25, -0.2) is 0 Å². The van der Waals surface area contributed by atoms with E-state index in [9.17, 15) is 4.79 Å². The van der Waals surface area contributed by atoms with E-state index in [0.29, 0.717) is 0 Å². The van der Waals surface area contributed by atoms with Gasteiger partial charge in [0.2, 0.25) is 0 Å². The molecule has 0 atom stereocenters. The third-order valence-corrected chi connectivity index (χ3v) is 1.78. The molecule has 1 rings (SSSR count). The molecule has 3 N–H and O–H groups in total. The van der Waals surface area contributed by atoms with Crippen molar-refractivity contribution in [2.75, 3.05) is 13.2 Å². The Hall–Kier alpha value is -1.04. The van der Waals surface area contributed by atoms with E-state index in [1.807, 2.05) is 0 Å². The van der Waals surface area contributed by atoms with Crippen molar-refractivity contribution in [2.24, 2.45) is 0 Å². The molecule has 0 aliphatic heterocycles. The highest BCUT2D eigenvalue weighted by Gasteiger charge is 2.14. The highest BCUT2D eigenvalue weighted by atomic mass is 35.5. The second kappa shape index (κ2) is 4.99. The van der Waals surface area contributed by atoms with Crippen molar-refractivity contribution in [3.8, 4) is 0 Å². The van der Waals surface area contributed by atoms with Gasteiger partial charge in [0.25, 0.3) is 5.91 Å². The number of amides is 1. The number of rotatable bonds is 4. The van der Waals surface area contributed by atoms with Gasteiger partial charge in [-0.1, -0.05) is 0 Å². The maximum Gasteiger partial charge on any atom is 0.287 e. The Labute approximate surface area is 85.3 Å².